The second-order valence-electron chi connectivity index (χ2n) is 4.60. The maximum absolute atomic E-state index is 11.9. The zero-order valence-corrected chi connectivity index (χ0v) is 11.5. The van der Waals surface area contributed by atoms with Crippen LogP contribution in [-0.2, 0) is 13.1 Å². The predicted molar refractivity (Wildman–Crippen MR) is 81.4 cm³/mol. The lowest BCUT2D eigenvalue weighted by molar-refractivity contribution is 0.251. The Morgan fingerprint density at radius 3 is 2.55 bits per heavy atom. The van der Waals surface area contributed by atoms with Gasteiger partial charge in [0.05, 0.1) is 0 Å². The number of rotatable bonds is 4. The molecule has 2 aromatic carbocycles. The number of aryl methyl sites for hydroxylation is 1. The molecule has 0 aromatic heterocycles. The van der Waals surface area contributed by atoms with Gasteiger partial charge in [0.25, 0.3) is 0 Å². The van der Waals surface area contributed by atoms with E-state index in [0.717, 1.165) is 22.4 Å². The second kappa shape index (κ2) is 6.73. The molecule has 20 heavy (non-hydrogen) atoms. The molecule has 2 rings (SSSR count). The van der Waals surface area contributed by atoms with E-state index < -0.39 is 0 Å². The van der Waals surface area contributed by atoms with Crippen LogP contribution >= 0.6 is 0 Å². The molecular weight excluding hydrogens is 250 g/mol. The van der Waals surface area contributed by atoms with E-state index in [4.69, 9.17) is 5.73 Å². The second-order valence-corrected chi connectivity index (χ2v) is 4.60. The molecule has 0 fully saturated rings. The van der Waals surface area contributed by atoms with E-state index in [1.807, 2.05) is 55.5 Å². The molecule has 0 aliphatic carbocycles. The Morgan fingerprint density at radius 2 is 1.85 bits per heavy atom. The lowest BCUT2D eigenvalue weighted by Crippen LogP contribution is -2.28. The highest BCUT2D eigenvalue weighted by atomic mass is 16.2. The highest BCUT2D eigenvalue weighted by molar-refractivity contribution is 5.90. The Bertz CT molecular complexity index is 582. The number of benzene rings is 2. The van der Waals surface area contributed by atoms with Crippen LogP contribution in [-0.4, -0.2) is 6.03 Å². The normalized spacial score (nSPS) is 10.1. The van der Waals surface area contributed by atoms with E-state index in [0.29, 0.717) is 13.1 Å². The van der Waals surface area contributed by atoms with Gasteiger partial charge in [0.1, 0.15) is 0 Å². The lowest BCUT2D eigenvalue weighted by atomic mass is 10.1. The molecule has 0 spiro atoms. The van der Waals surface area contributed by atoms with Gasteiger partial charge in [-0.15, -0.1) is 0 Å². The standard InChI is InChI=1S/C16H19N3O/c1-12-6-5-9-15(14(12)10-17)19-16(20)18-11-13-7-3-2-4-8-13/h2-9H,10-11,17H2,1H3,(H2,18,19,20). The molecular formula is C16H19N3O. The first-order valence-electron chi connectivity index (χ1n) is 6.58. The van der Waals surface area contributed by atoms with Gasteiger partial charge in [0.2, 0.25) is 0 Å². The number of urea groups is 1. The fourth-order valence-corrected chi connectivity index (χ4v) is 2.04. The van der Waals surface area contributed by atoms with Crippen molar-refractivity contribution in [1.82, 2.24) is 5.32 Å². The van der Waals surface area contributed by atoms with Crippen molar-refractivity contribution in [3.8, 4) is 0 Å². The van der Waals surface area contributed by atoms with Crippen molar-refractivity contribution in [2.45, 2.75) is 20.0 Å². The molecule has 0 unspecified atom stereocenters. The van der Waals surface area contributed by atoms with Crippen molar-refractivity contribution in [3.63, 3.8) is 0 Å². The molecule has 0 atom stereocenters. The fourth-order valence-electron chi connectivity index (χ4n) is 2.04. The Morgan fingerprint density at radius 1 is 1.10 bits per heavy atom. The average molecular weight is 269 g/mol. The van der Waals surface area contributed by atoms with Crippen LogP contribution in [0.5, 0.6) is 0 Å². The van der Waals surface area contributed by atoms with Crippen LogP contribution in [0.15, 0.2) is 48.5 Å². The number of hydrogen-bond donors (Lipinski definition) is 3. The molecule has 0 saturated heterocycles. The van der Waals surface area contributed by atoms with Crippen molar-refractivity contribution >= 4 is 11.7 Å². The smallest absolute Gasteiger partial charge is 0.319 e. The van der Waals surface area contributed by atoms with Gasteiger partial charge in [-0.05, 0) is 29.7 Å². The molecule has 0 radical (unpaired) electrons. The van der Waals surface area contributed by atoms with Gasteiger partial charge in [-0.1, -0.05) is 42.5 Å². The summed E-state index contributed by atoms with van der Waals surface area (Å²) in [5.74, 6) is 0. The van der Waals surface area contributed by atoms with Gasteiger partial charge in [0, 0.05) is 18.8 Å². The SMILES string of the molecule is Cc1cccc(NC(=O)NCc2ccccc2)c1CN. The van der Waals surface area contributed by atoms with Gasteiger partial charge in [-0.2, -0.15) is 0 Å². The van der Waals surface area contributed by atoms with Crippen molar-refractivity contribution < 1.29 is 4.79 Å². The molecule has 4 heteroatoms. The van der Waals surface area contributed by atoms with Gasteiger partial charge in [0.15, 0.2) is 0 Å². The van der Waals surface area contributed by atoms with E-state index >= 15 is 0 Å². The summed E-state index contributed by atoms with van der Waals surface area (Å²) in [4.78, 5) is 11.9. The highest BCUT2D eigenvalue weighted by Crippen LogP contribution is 2.18. The topological polar surface area (TPSA) is 67.2 Å². The molecule has 0 saturated carbocycles. The first-order valence-corrected chi connectivity index (χ1v) is 6.58. The van der Waals surface area contributed by atoms with E-state index in [2.05, 4.69) is 10.6 Å². The summed E-state index contributed by atoms with van der Waals surface area (Å²) in [6.45, 7) is 2.88. The van der Waals surface area contributed by atoms with Gasteiger partial charge in [-0.3, -0.25) is 0 Å². The minimum absolute atomic E-state index is 0.228. The monoisotopic (exact) mass is 269 g/mol. The van der Waals surface area contributed by atoms with Crippen LogP contribution < -0.4 is 16.4 Å². The third kappa shape index (κ3) is 3.59. The quantitative estimate of drug-likeness (QED) is 0.799. The lowest BCUT2D eigenvalue weighted by Gasteiger charge is -2.13. The molecule has 0 bridgehead atoms. The first-order chi connectivity index (χ1) is 9.70. The average Bonchev–Trinajstić information content (AvgIpc) is 2.46. The molecule has 2 aromatic rings. The first kappa shape index (κ1) is 14.1. The predicted octanol–water partition coefficient (Wildman–Crippen LogP) is 2.78. The number of carbonyl (C=O) groups excluding carboxylic acids is 1. The summed E-state index contributed by atoms with van der Waals surface area (Å²) in [6, 6.07) is 15.3. The van der Waals surface area contributed by atoms with Crippen LogP contribution in [0.4, 0.5) is 10.5 Å². The summed E-state index contributed by atoms with van der Waals surface area (Å²) in [7, 11) is 0. The summed E-state index contributed by atoms with van der Waals surface area (Å²) in [6.07, 6.45) is 0. The minimum Gasteiger partial charge on any atom is -0.334 e. The number of anilines is 1. The number of amides is 2. The molecule has 0 aliphatic heterocycles. The number of carbonyl (C=O) groups is 1. The van der Waals surface area contributed by atoms with Crippen molar-refractivity contribution in [1.29, 1.82) is 0 Å². The number of nitrogens with one attached hydrogen (secondary N) is 2. The molecule has 2 amide bonds. The Kier molecular flexibility index (Phi) is 4.74. The third-order valence-electron chi connectivity index (χ3n) is 3.16. The van der Waals surface area contributed by atoms with Gasteiger partial charge >= 0.3 is 6.03 Å². The summed E-state index contributed by atoms with van der Waals surface area (Å²) >= 11 is 0. The van der Waals surface area contributed by atoms with E-state index in [9.17, 15) is 4.79 Å². The Hall–Kier alpha value is -2.33. The van der Waals surface area contributed by atoms with Crippen molar-refractivity contribution in [2.75, 3.05) is 5.32 Å². The van der Waals surface area contributed by atoms with Crippen molar-refractivity contribution in [3.05, 3.63) is 65.2 Å². The molecule has 4 N–H and O–H groups in total. The van der Waals surface area contributed by atoms with Crippen LogP contribution in [0.3, 0.4) is 0 Å². The maximum atomic E-state index is 11.9. The molecule has 104 valence electrons. The highest BCUT2D eigenvalue weighted by Gasteiger charge is 2.07. The largest absolute Gasteiger partial charge is 0.334 e. The Balaban J connectivity index is 1.97. The third-order valence-corrected chi connectivity index (χ3v) is 3.16. The number of nitrogens with two attached hydrogens (primary N) is 1. The number of hydrogen-bond acceptors (Lipinski definition) is 2. The molecule has 4 nitrogen and oxygen atoms in total. The summed E-state index contributed by atoms with van der Waals surface area (Å²) in [5, 5.41) is 5.67. The zero-order valence-electron chi connectivity index (χ0n) is 11.5. The van der Waals surface area contributed by atoms with E-state index in [1.54, 1.807) is 0 Å². The van der Waals surface area contributed by atoms with Gasteiger partial charge in [-0.25, -0.2) is 4.79 Å². The van der Waals surface area contributed by atoms with E-state index in [1.165, 1.54) is 0 Å². The van der Waals surface area contributed by atoms with Crippen LogP contribution in [0, 0.1) is 6.92 Å². The van der Waals surface area contributed by atoms with Crippen molar-refractivity contribution in [2.24, 2.45) is 5.73 Å². The summed E-state index contributed by atoms with van der Waals surface area (Å²) in [5.41, 5.74) is 9.58. The molecule has 0 aliphatic rings. The van der Waals surface area contributed by atoms with E-state index in [-0.39, 0.29) is 6.03 Å². The fraction of sp³-hybridized carbons (Fsp3) is 0.188. The van der Waals surface area contributed by atoms with Crippen LogP contribution in [0.25, 0.3) is 0 Å². The van der Waals surface area contributed by atoms with Crippen LogP contribution in [0.1, 0.15) is 16.7 Å². The minimum atomic E-state index is -0.228. The van der Waals surface area contributed by atoms with Crippen LogP contribution in [0.2, 0.25) is 0 Å². The molecule has 0 heterocycles. The maximum Gasteiger partial charge on any atom is 0.319 e. The Labute approximate surface area is 119 Å². The zero-order chi connectivity index (χ0) is 14.4. The summed E-state index contributed by atoms with van der Waals surface area (Å²) < 4.78 is 0. The van der Waals surface area contributed by atoms with Gasteiger partial charge < -0.3 is 16.4 Å².